The Hall–Kier alpha value is -1.73. The lowest BCUT2D eigenvalue weighted by atomic mass is 9.74. The molecule has 0 bridgehead atoms. The summed E-state index contributed by atoms with van der Waals surface area (Å²) in [6, 6.07) is 9.13. The highest BCUT2D eigenvalue weighted by atomic mass is 35.5. The van der Waals surface area contributed by atoms with Crippen molar-refractivity contribution in [3.63, 3.8) is 0 Å². The van der Waals surface area contributed by atoms with Crippen LogP contribution < -0.4 is 5.32 Å². The Morgan fingerprint density at radius 1 is 0.958 bits per heavy atom. The van der Waals surface area contributed by atoms with Crippen LogP contribution in [0.1, 0.15) is 51.8 Å². The van der Waals surface area contributed by atoms with Crippen LogP contribution in [0, 0.1) is 33.6 Å². The zero-order chi connectivity index (χ0) is 17.0. The Kier molecular flexibility index (Phi) is 3.73. The number of rotatable bonds is 1. The summed E-state index contributed by atoms with van der Waals surface area (Å²) in [5, 5.41) is 4.76. The fraction of sp³-hybridized carbons (Fsp3) is 0.364. The van der Waals surface area contributed by atoms with E-state index in [2.05, 4.69) is 63.4 Å². The molecule has 0 fully saturated rings. The Morgan fingerprint density at radius 2 is 1.67 bits per heavy atom. The number of halogens is 1. The molecule has 1 N–H and O–H groups in total. The molecule has 0 saturated carbocycles. The maximum atomic E-state index is 6.58. The van der Waals surface area contributed by atoms with Crippen LogP contribution in [0.4, 0.5) is 5.69 Å². The monoisotopic (exact) mass is 337 g/mol. The van der Waals surface area contributed by atoms with Gasteiger partial charge in [0, 0.05) is 22.2 Å². The Bertz CT molecular complexity index is 826. The average Bonchev–Trinajstić information content (AvgIpc) is 2.99. The minimum atomic E-state index is 0.343. The summed E-state index contributed by atoms with van der Waals surface area (Å²) in [5.41, 5.74) is 9.38. The number of fused-ring (bicyclic) bond motifs is 3. The molecular weight excluding hydrogens is 314 g/mol. The summed E-state index contributed by atoms with van der Waals surface area (Å²) in [6.07, 6.45) is 5.80. The molecule has 0 spiro atoms. The minimum Gasteiger partial charge on any atom is -0.377 e. The fourth-order valence-electron chi connectivity index (χ4n) is 4.78. The van der Waals surface area contributed by atoms with Gasteiger partial charge in [-0.2, -0.15) is 0 Å². The number of hydrogen-bond acceptors (Lipinski definition) is 1. The summed E-state index contributed by atoms with van der Waals surface area (Å²) >= 11 is 6.58. The maximum absolute atomic E-state index is 6.58. The molecule has 1 aliphatic carbocycles. The lowest BCUT2D eigenvalue weighted by Gasteiger charge is -2.40. The van der Waals surface area contributed by atoms with Crippen molar-refractivity contribution in [1.82, 2.24) is 0 Å². The van der Waals surface area contributed by atoms with Crippen LogP contribution in [0.5, 0.6) is 0 Å². The Balaban J connectivity index is 1.90. The summed E-state index contributed by atoms with van der Waals surface area (Å²) in [5.74, 6) is 0.954. The van der Waals surface area contributed by atoms with Gasteiger partial charge in [-0.25, -0.2) is 0 Å². The van der Waals surface area contributed by atoms with Gasteiger partial charge in [0.25, 0.3) is 0 Å². The molecule has 0 saturated heterocycles. The first-order valence-electron chi connectivity index (χ1n) is 8.77. The van der Waals surface area contributed by atoms with E-state index in [1.54, 1.807) is 0 Å². The molecular formula is C22H24ClN. The molecule has 0 radical (unpaired) electrons. The van der Waals surface area contributed by atoms with Gasteiger partial charge in [-0.1, -0.05) is 47.5 Å². The van der Waals surface area contributed by atoms with Crippen molar-refractivity contribution < 1.29 is 0 Å². The first kappa shape index (κ1) is 15.8. The van der Waals surface area contributed by atoms with Gasteiger partial charge in [-0.15, -0.1) is 0 Å². The molecule has 0 aromatic heterocycles. The number of benzene rings is 2. The van der Waals surface area contributed by atoms with E-state index in [9.17, 15) is 0 Å². The molecule has 124 valence electrons. The van der Waals surface area contributed by atoms with Crippen LogP contribution in [-0.2, 0) is 0 Å². The summed E-state index contributed by atoms with van der Waals surface area (Å²) in [6.45, 7) is 8.84. The van der Waals surface area contributed by atoms with Crippen molar-refractivity contribution >= 4 is 17.3 Å². The van der Waals surface area contributed by atoms with Gasteiger partial charge in [0.1, 0.15) is 0 Å². The molecule has 2 aromatic carbocycles. The minimum absolute atomic E-state index is 0.343. The molecule has 2 aromatic rings. The number of hydrogen-bond donors (Lipinski definition) is 1. The van der Waals surface area contributed by atoms with E-state index in [0.717, 1.165) is 11.4 Å². The second-order valence-electron chi connectivity index (χ2n) is 7.44. The molecule has 2 aliphatic rings. The number of allylic oxidation sites excluding steroid dienone is 2. The SMILES string of the molecule is Cc1cc(C)c(C2Nc3c(C)ccc(Cl)c3C3C=CCC32)c(C)c1. The molecule has 2 heteroatoms. The van der Waals surface area contributed by atoms with Crippen molar-refractivity contribution in [3.05, 3.63) is 74.8 Å². The highest BCUT2D eigenvalue weighted by molar-refractivity contribution is 6.32. The Morgan fingerprint density at radius 3 is 2.38 bits per heavy atom. The van der Waals surface area contributed by atoms with Gasteiger partial charge < -0.3 is 5.32 Å². The second kappa shape index (κ2) is 5.67. The van der Waals surface area contributed by atoms with E-state index >= 15 is 0 Å². The van der Waals surface area contributed by atoms with E-state index in [1.807, 2.05) is 6.07 Å². The van der Waals surface area contributed by atoms with Crippen LogP contribution in [-0.4, -0.2) is 0 Å². The van der Waals surface area contributed by atoms with Crippen LogP contribution in [0.25, 0.3) is 0 Å². The van der Waals surface area contributed by atoms with E-state index in [4.69, 9.17) is 11.6 Å². The molecule has 3 unspecified atom stereocenters. The topological polar surface area (TPSA) is 12.0 Å². The largest absolute Gasteiger partial charge is 0.377 e. The second-order valence-corrected chi connectivity index (χ2v) is 7.85. The first-order valence-corrected chi connectivity index (χ1v) is 9.15. The molecule has 24 heavy (non-hydrogen) atoms. The number of nitrogens with one attached hydrogen (secondary N) is 1. The molecule has 1 heterocycles. The number of aryl methyl sites for hydroxylation is 4. The van der Waals surface area contributed by atoms with Crippen LogP contribution in [0.2, 0.25) is 5.02 Å². The van der Waals surface area contributed by atoms with Gasteiger partial charge in [-0.05, 0) is 68.4 Å². The van der Waals surface area contributed by atoms with Crippen LogP contribution in [0.15, 0.2) is 36.4 Å². The predicted molar refractivity (Wildman–Crippen MR) is 103 cm³/mol. The van der Waals surface area contributed by atoms with Gasteiger partial charge in [0.2, 0.25) is 0 Å². The normalized spacial score (nSPS) is 24.5. The van der Waals surface area contributed by atoms with Crippen molar-refractivity contribution in [2.24, 2.45) is 5.92 Å². The van der Waals surface area contributed by atoms with Crippen LogP contribution >= 0.6 is 11.6 Å². The first-order chi connectivity index (χ1) is 11.5. The average molecular weight is 338 g/mol. The van der Waals surface area contributed by atoms with Crippen LogP contribution in [0.3, 0.4) is 0 Å². The third-order valence-corrected chi connectivity index (χ3v) is 6.05. The predicted octanol–water partition coefficient (Wildman–Crippen LogP) is 6.40. The fourth-order valence-corrected chi connectivity index (χ4v) is 5.06. The smallest absolute Gasteiger partial charge is 0.0559 e. The standard InChI is InChI=1S/C22H24ClN/c1-12-10-14(3)19(15(4)11-12)22-17-7-5-6-16(17)20-18(23)9-8-13(2)21(20)24-22/h5-6,8-11,16-17,22,24H,7H2,1-4H3. The van der Waals surface area contributed by atoms with E-state index in [-0.39, 0.29) is 0 Å². The Labute approximate surface area is 149 Å². The third-order valence-electron chi connectivity index (χ3n) is 5.72. The van der Waals surface area contributed by atoms with E-state index in [0.29, 0.717) is 17.9 Å². The molecule has 1 nitrogen and oxygen atoms in total. The zero-order valence-corrected chi connectivity index (χ0v) is 15.5. The molecule has 3 atom stereocenters. The molecule has 4 rings (SSSR count). The molecule has 1 aliphatic heterocycles. The summed E-state index contributed by atoms with van der Waals surface area (Å²) in [4.78, 5) is 0. The van der Waals surface area contributed by atoms with E-state index in [1.165, 1.54) is 39.1 Å². The lowest BCUT2D eigenvalue weighted by molar-refractivity contribution is 0.423. The zero-order valence-electron chi connectivity index (χ0n) is 14.8. The third kappa shape index (κ3) is 2.29. The van der Waals surface area contributed by atoms with Gasteiger partial charge in [-0.3, -0.25) is 0 Å². The van der Waals surface area contributed by atoms with Gasteiger partial charge in [0.05, 0.1) is 6.04 Å². The maximum Gasteiger partial charge on any atom is 0.0559 e. The van der Waals surface area contributed by atoms with Crippen molar-refractivity contribution in [1.29, 1.82) is 0 Å². The number of anilines is 1. The highest BCUT2D eigenvalue weighted by Gasteiger charge is 2.40. The van der Waals surface area contributed by atoms with Gasteiger partial charge in [0.15, 0.2) is 0 Å². The van der Waals surface area contributed by atoms with Crippen molar-refractivity contribution in [2.45, 2.75) is 46.1 Å². The van der Waals surface area contributed by atoms with Crippen molar-refractivity contribution in [2.75, 3.05) is 5.32 Å². The van der Waals surface area contributed by atoms with E-state index < -0.39 is 0 Å². The van der Waals surface area contributed by atoms with Gasteiger partial charge >= 0.3 is 0 Å². The molecule has 0 amide bonds. The summed E-state index contributed by atoms with van der Waals surface area (Å²) in [7, 11) is 0. The lowest BCUT2D eigenvalue weighted by Crippen LogP contribution is -2.31. The summed E-state index contributed by atoms with van der Waals surface area (Å²) < 4.78 is 0. The highest BCUT2D eigenvalue weighted by Crippen LogP contribution is 2.53. The van der Waals surface area contributed by atoms with Crippen molar-refractivity contribution in [3.8, 4) is 0 Å². The quantitative estimate of drug-likeness (QED) is 0.593.